The highest BCUT2D eigenvalue weighted by atomic mass is 16.2. The van der Waals surface area contributed by atoms with Gasteiger partial charge in [-0.2, -0.15) is 0 Å². The van der Waals surface area contributed by atoms with Gasteiger partial charge in [-0.05, 0) is 49.4 Å². The van der Waals surface area contributed by atoms with Crippen molar-refractivity contribution in [1.29, 1.82) is 0 Å². The van der Waals surface area contributed by atoms with Crippen molar-refractivity contribution in [2.75, 3.05) is 13.1 Å². The van der Waals surface area contributed by atoms with Gasteiger partial charge in [0, 0.05) is 13.1 Å². The first kappa shape index (κ1) is 13.4. The molecule has 3 unspecified atom stereocenters. The van der Waals surface area contributed by atoms with E-state index in [-0.39, 0.29) is 17.4 Å². The van der Waals surface area contributed by atoms with Crippen molar-refractivity contribution in [3.63, 3.8) is 0 Å². The molecule has 108 valence electrons. The smallest absolute Gasteiger partial charge is 0.240 e. The molecule has 0 aromatic carbocycles. The second-order valence-electron chi connectivity index (χ2n) is 7.47. The van der Waals surface area contributed by atoms with E-state index in [9.17, 15) is 4.79 Å². The summed E-state index contributed by atoms with van der Waals surface area (Å²) in [7, 11) is 0. The largest absolute Gasteiger partial charge is 0.341 e. The van der Waals surface area contributed by atoms with Crippen molar-refractivity contribution >= 4 is 5.91 Å². The van der Waals surface area contributed by atoms with E-state index in [1.54, 1.807) is 0 Å². The number of rotatable bonds is 2. The summed E-state index contributed by atoms with van der Waals surface area (Å²) < 4.78 is 0. The summed E-state index contributed by atoms with van der Waals surface area (Å²) in [5.41, 5.74) is 6.47. The summed E-state index contributed by atoms with van der Waals surface area (Å²) in [6, 6.07) is -0.269. The molecule has 0 radical (unpaired) electrons. The monoisotopic (exact) mass is 264 g/mol. The first-order valence-electron chi connectivity index (χ1n) is 8.13. The van der Waals surface area contributed by atoms with Crippen LogP contribution in [0.25, 0.3) is 0 Å². The molecule has 1 saturated heterocycles. The first-order chi connectivity index (χ1) is 9.08. The number of nitrogens with two attached hydrogens (primary N) is 1. The molecule has 1 amide bonds. The average Bonchev–Trinajstić information content (AvgIpc) is 2.90. The van der Waals surface area contributed by atoms with Crippen molar-refractivity contribution in [2.24, 2.45) is 23.0 Å². The van der Waals surface area contributed by atoms with Gasteiger partial charge in [0.1, 0.15) is 0 Å². The van der Waals surface area contributed by atoms with E-state index in [4.69, 9.17) is 5.73 Å². The number of carbonyl (C=O) groups is 1. The Morgan fingerprint density at radius 3 is 2.32 bits per heavy atom. The van der Waals surface area contributed by atoms with Crippen LogP contribution in [0, 0.1) is 17.3 Å². The topological polar surface area (TPSA) is 46.3 Å². The lowest BCUT2D eigenvalue weighted by molar-refractivity contribution is -0.136. The van der Waals surface area contributed by atoms with E-state index in [0.29, 0.717) is 0 Å². The van der Waals surface area contributed by atoms with Gasteiger partial charge < -0.3 is 10.6 Å². The van der Waals surface area contributed by atoms with Crippen LogP contribution in [0.4, 0.5) is 0 Å². The van der Waals surface area contributed by atoms with Crippen LogP contribution >= 0.6 is 0 Å². The van der Waals surface area contributed by atoms with Gasteiger partial charge in [-0.25, -0.2) is 0 Å². The summed E-state index contributed by atoms with van der Waals surface area (Å²) in [6.07, 6.45) is 10.1. The summed E-state index contributed by atoms with van der Waals surface area (Å²) in [6.45, 7) is 4.13. The molecule has 1 aliphatic heterocycles. The van der Waals surface area contributed by atoms with Crippen LogP contribution in [0.5, 0.6) is 0 Å². The lowest BCUT2D eigenvalue weighted by atomic mass is 9.59. The highest BCUT2D eigenvalue weighted by Crippen LogP contribution is 2.50. The summed E-state index contributed by atoms with van der Waals surface area (Å²) >= 11 is 0. The molecule has 3 aliphatic rings. The highest BCUT2D eigenvalue weighted by Gasteiger charge is 2.46. The zero-order valence-corrected chi connectivity index (χ0v) is 12.2. The van der Waals surface area contributed by atoms with Crippen LogP contribution in [0.2, 0.25) is 0 Å². The Morgan fingerprint density at radius 2 is 1.74 bits per heavy atom. The Bertz CT molecular complexity index is 337. The fourth-order valence-electron chi connectivity index (χ4n) is 4.86. The van der Waals surface area contributed by atoms with Gasteiger partial charge >= 0.3 is 0 Å². The number of hydrogen-bond acceptors (Lipinski definition) is 2. The van der Waals surface area contributed by atoms with Crippen LogP contribution in [-0.2, 0) is 4.79 Å². The molecular weight excluding hydrogens is 236 g/mol. The zero-order valence-electron chi connectivity index (χ0n) is 12.2. The molecular formula is C16H28N2O. The second-order valence-corrected chi connectivity index (χ2v) is 7.47. The predicted octanol–water partition coefficient (Wildman–Crippen LogP) is 2.54. The molecule has 0 aromatic heterocycles. The number of amides is 1. The molecule has 3 rings (SSSR count). The number of nitrogens with zero attached hydrogens (tertiary/aromatic N) is 1. The van der Waals surface area contributed by atoms with Crippen LogP contribution in [0.1, 0.15) is 58.3 Å². The Labute approximate surface area is 116 Å². The van der Waals surface area contributed by atoms with E-state index in [1.807, 2.05) is 4.90 Å². The Balaban J connectivity index is 1.70. The van der Waals surface area contributed by atoms with E-state index in [1.165, 1.54) is 38.5 Å². The number of likely N-dealkylation sites (tertiary alicyclic amines) is 1. The normalized spacial score (nSPS) is 40.2. The second kappa shape index (κ2) is 5.08. The maximum Gasteiger partial charge on any atom is 0.240 e. The van der Waals surface area contributed by atoms with Crippen LogP contribution < -0.4 is 5.73 Å². The fraction of sp³-hybridized carbons (Fsp3) is 0.938. The molecule has 0 aromatic rings. The molecule has 3 heteroatoms. The quantitative estimate of drug-likeness (QED) is 0.833. The van der Waals surface area contributed by atoms with E-state index >= 15 is 0 Å². The minimum Gasteiger partial charge on any atom is -0.341 e. The van der Waals surface area contributed by atoms with E-state index < -0.39 is 0 Å². The van der Waals surface area contributed by atoms with Crippen LogP contribution in [0.3, 0.4) is 0 Å². The number of hydrogen-bond donors (Lipinski definition) is 1. The molecule has 3 fully saturated rings. The van der Waals surface area contributed by atoms with Crippen molar-refractivity contribution in [2.45, 2.75) is 64.3 Å². The molecule has 2 bridgehead atoms. The van der Waals surface area contributed by atoms with Crippen molar-refractivity contribution in [1.82, 2.24) is 4.90 Å². The van der Waals surface area contributed by atoms with Crippen LogP contribution in [0.15, 0.2) is 0 Å². The summed E-state index contributed by atoms with van der Waals surface area (Å²) in [4.78, 5) is 14.6. The van der Waals surface area contributed by atoms with E-state index in [2.05, 4.69) is 6.92 Å². The van der Waals surface area contributed by atoms with Crippen LogP contribution in [-0.4, -0.2) is 29.9 Å². The molecule has 3 nitrogen and oxygen atoms in total. The minimum atomic E-state index is -0.269. The van der Waals surface area contributed by atoms with Gasteiger partial charge in [0.25, 0.3) is 0 Å². The van der Waals surface area contributed by atoms with Crippen molar-refractivity contribution < 1.29 is 4.79 Å². The molecule has 0 spiro atoms. The number of fused-ring (bicyclic) bond motifs is 2. The zero-order chi connectivity index (χ0) is 13.5. The third-order valence-electron chi connectivity index (χ3n) is 5.84. The molecule has 2 N–H and O–H groups in total. The van der Waals surface area contributed by atoms with Gasteiger partial charge in [0.15, 0.2) is 0 Å². The fourth-order valence-corrected chi connectivity index (χ4v) is 4.86. The average molecular weight is 264 g/mol. The maximum absolute atomic E-state index is 12.6. The molecule has 2 aliphatic carbocycles. The third-order valence-corrected chi connectivity index (χ3v) is 5.84. The van der Waals surface area contributed by atoms with Gasteiger partial charge in [-0.3, -0.25) is 4.79 Å². The lowest BCUT2D eigenvalue weighted by Crippen LogP contribution is -2.54. The maximum atomic E-state index is 12.6. The minimum absolute atomic E-state index is 0.0493. The van der Waals surface area contributed by atoms with Gasteiger partial charge in [-0.1, -0.05) is 26.2 Å². The SMILES string of the molecule is CC1(C(N)C(=O)N2CCCC2)CC2CCCC(C2)C1. The Kier molecular flexibility index (Phi) is 3.59. The number of carbonyl (C=O) groups excluding carboxylic acids is 1. The Hall–Kier alpha value is -0.570. The molecule has 19 heavy (non-hydrogen) atoms. The third kappa shape index (κ3) is 2.54. The first-order valence-corrected chi connectivity index (χ1v) is 8.13. The van der Waals surface area contributed by atoms with Gasteiger partial charge in [0.2, 0.25) is 5.91 Å². The molecule has 2 saturated carbocycles. The molecule has 1 heterocycles. The van der Waals surface area contributed by atoms with E-state index in [0.717, 1.165) is 37.8 Å². The lowest BCUT2D eigenvalue weighted by Gasteiger charge is -2.48. The Morgan fingerprint density at radius 1 is 1.16 bits per heavy atom. The van der Waals surface area contributed by atoms with Crippen molar-refractivity contribution in [3.05, 3.63) is 0 Å². The molecule has 3 atom stereocenters. The highest BCUT2D eigenvalue weighted by molar-refractivity contribution is 5.82. The standard InChI is InChI=1S/C16H28N2O/c1-16(10-12-5-4-6-13(9-12)11-16)14(17)15(19)18-7-2-3-8-18/h12-14H,2-11,17H2,1H3. The van der Waals surface area contributed by atoms with Crippen molar-refractivity contribution in [3.8, 4) is 0 Å². The van der Waals surface area contributed by atoms with Gasteiger partial charge in [-0.15, -0.1) is 0 Å². The summed E-state index contributed by atoms with van der Waals surface area (Å²) in [5, 5.41) is 0. The van der Waals surface area contributed by atoms with Gasteiger partial charge in [0.05, 0.1) is 6.04 Å². The predicted molar refractivity (Wildman–Crippen MR) is 76.6 cm³/mol. The summed E-state index contributed by atoms with van der Waals surface area (Å²) in [5.74, 6) is 1.88.